The molecule has 0 aromatic carbocycles. The zero-order valence-electron chi connectivity index (χ0n) is 25.9. The summed E-state index contributed by atoms with van der Waals surface area (Å²) in [5.74, 6) is -0.651. The molecule has 7 unspecified atom stereocenters. The van der Waals surface area contributed by atoms with Gasteiger partial charge in [-0.25, -0.2) is 8.78 Å². The summed E-state index contributed by atoms with van der Waals surface area (Å²) in [5, 5.41) is 6.26. The molecule has 0 aromatic heterocycles. The van der Waals surface area contributed by atoms with Crippen LogP contribution in [0.25, 0.3) is 0 Å². The van der Waals surface area contributed by atoms with Gasteiger partial charge in [-0.15, -0.1) is 0 Å². The Labute approximate surface area is 255 Å². The number of piperidine rings is 2. The number of alkyl halides is 2. The second-order valence-electron chi connectivity index (χ2n) is 13.7. The first-order chi connectivity index (χ1) is 20.7. The molecule has 7 atom stereocenters. The van der Waals surface area contributed by atoms with Crippen LogP contribution in [-0.2, 0) is 9.59 Å². The molecule has 2 amide bonds. The summed E-state index contributed by atoms with van der Waals surface area (Å²) in [5.41, 5.74) is 13.2. The largest absolute Gasteiger partial charge is 0.350 e. The zero-order chi connectivity index (χ0) is 30.5. The molecule has 3 saturated heterocycles. The van der Waals surface area contributed by atoms with Crippen LogP contribution in [0.5, 0.6) is 0 Å². The number of fused-ring (bicyclic) bond motifs is 1. The van der Waals surface area contributed by atoms with Gasteiger partial charge in [0.05, 0.1) is 24.8 Å². The third kappa shape index (κ3) is 7.92. The summed E-state index contributed by atoms with van der Waals surface area (Å²) in [4.78, 5) is 38.2. The van der Waals surface area contributed by atoms with E-state index in [4.69, 9.17) is 16.5 Å². The lowest BCUT2D eigenvalue weighted by molar-refractivity contribution is -0.139. The Kier molecular flexibility index (Phi) is 11.4. The third-order valence-electron chi connectivity index (χ3n) is 10.8. The molecule has 5 rings (SSSR count). The monoisotopic (exact) mass is 608 g/mol. The fourth-order valence-electron chi connectivity index (χ4n) is 8.28. The minimum atomic E-state index is -1.17. The molecule has 244 valence electrons. The third-order valence-corrected chi connectivity index (χ3v) is 10.8. The fraction of sp³-hybridized carbons (Fsp3) is 0.903. The molecule has 0 spiro atoms. The lowest BCUT2D eigenvalue weighted by Gasteiger charge is -2.46. The van der Waals surface area contributed by atoms with Gasteiger partial charge in [0.2, 0.25) is 11.8 Å². The number of piperazine rings is 1. The molecular formula is C31H54F2N8O2. The molecule has 12 heteroatoms. The molecule has 0 radical (unpaired) electrons. The van der Waals surface area contributed by atoms with Crippen molar-refractivity contribution in [2.75, 3.05) is 66.0 Å². The van der Waals surface area contributed by atoms with Crippen molar-refractivity contribution in [3.8, 4) is 0 Å². The highest BCUT2D eigenvalue weighted by molar-refractivity contribution is 6.06. The Bertz CT molecular complexity index is 969. The van der Waals surface area contributed by atoms with Crippen LogP contribution >= 0.6 is 0 Å². The number of carbonyl (C=O) groups is 2. The highest BCUT2D eigenvalue weighted by Gasteiger charge is 2.44. The second kappa shape index (κ2) is 15.0. The molecule has 4 aliphatic heterocycles. The second-order valence-corrected chi connectivity index (χ2v) is 13.7. The first kappa shape index (κ1) is 32.7. The van der Waals surface area contributed by atoms with Crippen LogP contribution in [0.15, 0.2) is 4.99 Å². The van der Waals surface area contributed by atoms with E-state index >= 15 is 4.39 Å². The number of rotatable bonds is 6. The van der Waals surface area contributed by atoms with E-state index in [-0.39, 0.29) is 36.7 Å². The first-order valence-corrected chi connectivity index (χ1v) is 16.8. The van der Waals surface area contributed by atoms with Gasteiger partial charge in [0.15, 0.2) is 0 Å². The minimum absolute atomic E-state index is 0.0248. The van der Waals surface area contributed by atoms with Crippen LogP contribution in [0.2, 0.25) is 0 Å². The zero-order valence-corrected chi connectivity index (χ0v) is 25.9. The molecular weight excluding hydrogens is 554 g/mol. The Balaban J connectivity index is 1.26. The van der Waals surface area contributed by atoms with Crippen molar-refractivity contribution >= 4 is 17.5 Å². The summed E-state index contributed by atoms with van der Waals surface area (Å²) in [6.45, 7) is 5.17. The summed E-state index contributed by atoms with van der Waals surface area (Å²) in [6, 6.07) is -1.00. The molecule has 1 saturated carbocycles. The van der Waals surface area contributed by atoms with Crippen molar-refractivity contribution in [2.45, 2.75) is 88.4 Å². The van der Waals surface area contributed by atoms with Crippen molar-refractivity contribution < 1.29 is 18.4 Å². The molecule has 1 aliphatic carbocycles. The van der Waals surface area contributed by atoms with Crippen LogP contribution < -0.4 is 22.1 Å². The Morgan fingerprint density at radius 3 is 2.35 bits per heavy atom. The topological polar surface area (TPSA) is 132 Å². The van der Waals surface area contributed by atoms with Crippen LogP contribution in [0.1, 0.15) is 57.8 Å². The maximum atomic E-state index is 15.6. The summed E-state index contributed by atoms with van der Waals surface area (Å²) < 4.78 is 30.2. The number of halogens is 2. The van der Waals surface area contributed by atoms with Crippen molar-refractivity contribution in [3.05, 3.63) is 0 Å². The maximum Gasteiger partial charge on any atom is 0.232 e. The van der Waals surface area contributed by atoms with Gasteiger partial charge < -0.3 is 31.9 Å². The molecule has 6 N–H and O–H groups in total. The van der Waals surface area contributed by atoms with E-state index in [0.29, 0.717) is 50.5 Å². The molecule has 43 heavy (non-hydrogen) atoms. The normalized spacial score (nSPS) is 34.8. The van der Waals surface area contributed by atoms with E-state index in [0.717, 1.165) is 64.7 Å². The highest BCUT2D eigenvalue weighted by atomic mass is 19.1. The van der Waals surface area contributed by atoms with Crippen LogP contribution in [-0.4, -0.2) is 129 Å². The summed E-state index contributed by atoms with van der Waals surface area (Å²) in [7, 11) is 2.07. The lowest BCUT2D eigenvalue weighted by Crippen LogP contribution is -2.67. The number of carbonyl (C=O) groups excluding carboxylic acids is 2. The number of hydrogen-bond acceptors (Lipinski definition) is 8. The van der Waals surface area contributed by atoms with Gasteiger partial charge >= 0.3 is 0 Å². The summed E-state index contributed by atoms with van der Waals surface area (Å²) in [6.07, 6.45) is 4.49. The van der Waals surface area contributed by atoms with Crippen molar-refractivity contribution in [1.29, 1.82) is 0 Å². The minimum Gasteiger partial charge on any atom is -0.350 e. The fourth-order valence-corrected chi connectivity index (χ4v) is 8.28. The average molecular weight is 609 g/mol. The van der Waals surface area contributed by atoms with Gasteiger partial charge in [0.1, 0.15) is 18.3 Å². The number of nitrogens with two attached hydrogens (primary N) is 2. The van der Waals surface area contributed by atoms with Gasteiger partial charge in [-0.3, -0.25) is 19.5 Å². The number of nitrogens with one attached hydrogen (secondary N) is 2. The number of likely N-dealkylation sites (tertiary alicyclic amines) is 1. The average Bonchev–Trinajstić information content (AvgIpc) is 3.07. The van der Waals surface area contributed by atoms with Crippen molar-refractivity contribution in [3.63, 3.8) is 0 Å². The van der Waals surface area contributed by atoms with Crippen molar-refractivity contribution in [2.24, 2.45) is 40.1 Å². The molecule has 5 aliphatic rings. The van der Waals surface area contributed by atoms with E-state index in [1.54, 1.807) is 0 Å². The van der Waals surface area contributed by atoms with Crippen LogP contribution in [0.4, 0.5) is 8.78 Å². The predicted molar refractivity (Wildman–Crippen MR) is 164 cm³/mol. The van der Waals surface area contributed by atoms with E-state index in [2.05, 4.69) is 27.5 Å². The molecule has 0 bridgehead atoms. The highest BCUT2D eigenvalue weighted by Crippen LogP contribution is 2.38. The number of likely N-dealkylation sites (N-methyl/N-ethyl adjacent to an activating group) is 1. The molecule has 4 fully saturated rings. The number of hydrogen-bond donors (Lipinski definition) is 4. The van der Waals surface area contributed by atoms with Crippen LogP contribution in [0.3, 0.4) is 0 Å². The SMILES string of the molecule is CN1CCN(C(=O)C2CCN(C3C(F)CNCC3NC(=O)C(C3=NCC(F)CCCC4CCCCC34)C(N)N)CC2)CC1. The van der Waals surface area contributed by atoms with Gasteiger partial charge in [0.25, 0.3) is 0 Å². The predicted octanol–water partition coefficient (Wildman–Crippen LogP) is 0.896. The van der Waals surface area contributed by atoms with E-state index < -0.39 is 36.5 Å². The first-order valence-electron chi connectivity index (χ1n) is 16.8. The Hall–Kier alpha value is -1.73. The number of nitrogens with zero attached hydrogens (tertiary/aromatic N) is 4. The van der Waals surface area contributed by atoms with E-state index in [9.17, 15) is 14.0 Å². The maximum absolute atomic E-state index is 15.6. The van der Waals surface area contributed by atoms with Gasteiger partial charge in [-0.2, -0.15) is 0 Å². The number of amides is 2. The lowest BCUT2D eigenvalue weighted by atomic mass is 9.71. The summed E-state index contributed by atoms with van der Waals surface area (Å²) >= 11 is 0. The van der Waals surface area contributed by atoms with Gasteiger partial charge in [-0.1, -0.05) is 19.3 Å². The van der Waals surface area contributed by atoms with Crippen molar-refractivity contribution in [1.82, 2.24) is 25.3 Å². The molecule has 4 heterocycles. The quantitative estimate of drug-likeness (QED) is 0.330. The van der Waals surface area contributed by atoms with Crippen LogP contribution in [0, 0.1) is 23.7 Å². The van der Waals surface area contributed by atoms with E-state index in [1.165, 1.54) is 0 Å². The number of aliphatic imine (C=N–C) groups is 1. The standard InChI is InChI=1S/C31H54F2N8O2/c1-39-13-15-41(16-14-39)31(43)21-9-11-40(12-10-21)28-24(33)18-36-19-25(28)38-30(42)26(29(34)35)27-23-8-3-2-5-20(23)6-4-7-22(32)17-37-27/h20-26,28-29,36H,2-19,34-35H2,1H3,(H,38,42). The van der Waals surface area contributed by atoms with E-state index in [1.807, 2.05) is 4.90 Å². The smallest absolute Gasteiger partial charge is 0.232 e. The Morgan fingerprint density at radius 2 is 1.63 bits per heavy atom. The molecule has 10 nitrogen and oxygen atoms in total. The molecule has 0 aromatic rings. The Morgan fingerprint density at radius 1 is 0.930 bits per heavy atom. The van der Waals surface area contributed by atoms with Gasteiger partial charge in [0, 0.05) is 56.8 Å². The van der Waals surface area contributed by atoms with Gasteiger partial charge in [-0.05, 0) is 64.6 Å².